The molecule has 5 aromatic carbocycles. The van der Waals surface area contributed by atoms with E-state index in [4.69, 9.17) is 16.3 Å². The zero-order chi connectivity index (χ0) is 45.0. The number of unbranched alkanes of at least 4 members (excludes halogenated alkanes) is 1. The highest BCUT2D eigenvalue weighted by Crippen LogP contribution is 2.29. The Morgan fingerprint density at radius 2 is 1.52 bits per heavy atom. The third kappa shape index (κ3) is 13.3. The molecule has 334 valence electrons. The van der Waals surface area contributed by atoms with E-state index in [1.165, 1.54) is 23.1 Å². The number of nitrogens with one attached hydrogen (secondary N) is 2. The summed E-state index contributed by atoms with van der Waals surface area (Å²) in [7, 11) is -2.75. The highest BCUT2D eigenvalue weighted by Gasteiger charge is 2.27. The number of carbonyl (C=O) groups excluding carboxylic acids is 2. The van der Waals surface area contributed by atoms with Crippen molar-refractivity contribution < 1.29 is 22.7 Å². The fourth-order valence-electron chi connectivity index (χ4n) is 7.81. The van der Waals surface area contributed by atoms with E-state index in [0.717, 1.165) is 85.3 Å². The van der Waals surface area contributed by atoms with Gasteiger partial charge in [0.15, 0.2) is 0 Å². The Morgan fingerprint density at radius 1 is 0.841 bits per heavy atom. The zero-order valence-electron chi connectivity index (χ0n) is 37.0. The molecule has 0 saturated carbocycles. The summed E-state index contributed by atoms with van der Waals surface area (Å²) in [6.45, 7) is 12.8. The largest absolute Gasteiger partial charge is 0.453 e. The number of hydrogen-bond donors (Lipinski definition) is 2. The SMILES string of the molecule is CCc1cc(S(=O)(=O)NC(=O)c2ccc(N3CCN(Cc4ccccc4-c4ccc(Cl)cc4)CC3)cc2)ccc1N[C@H](CCCCN(C(=O)OC)C(C)(C)C)CSc1ccccc1. The van der Waals surface area contributed by atoms with Crippen LogP contribution in [0.25, 0.3) is 11.1 Å². The van der Waals surface area contributed by atoms with Gasteiger partial charge < -0.3 is 19.9 Å². The van der Waals surface area contributed by atoms with Crippen LogP contribution in [0.3, 0.4) is 0 Å². The van der Waals surface area contributed by atoms with Gasteiger partial charge in [0, 0.05) is 83.5 Å². The third-order valence-electron chi connectivity index (χ3n) is 11.4. The molecule has 6 rings (SSSR count). The lowest BCUT2D eigenvalue weighted by atomic mass is 9.99. The van der Waals surface area contributed by atoms with Gasteiger partial charge in [-0.3, -0.25) is 9.69 Å². The van der Waals surface area contributed by atoms with E-state index < -0.39 is 15.9 Å². The Hall–Kier alpha value is -5.01. The van der Waals surface area contributed by atoms with Gasteiger partial charge in [-0.2, -0.15) is 0 Å². The second-order valence-corrected chi connectivity index (χ2v) is 20.0. The van der Waals surface area contributed by atoms with Crippen molar-refractivity contribution in [2.75, 3.05) is 55.8 Å². The number of hydrogen-bond acceptors (Lipinski definition) is 9. The van der Waals surface area contributed by atoms with E-state index in [2.05, 4.69) is 68.4 Å². The molecular formula is C50H60ClN5O5S2. The maximum atomic E-state index is 13.6. The number of methoxy groups -OCH3 is 1. The molecule has 0 radical (unpaired) electrons. The lowest BCUT2D eigenvalue weighted by molar-refractivity contribution is 0.0825. The average Bonchev–Trinajstić information content (AvgIpc) is 3.28. The molecule has 1 saturated heterocycles. The van der Waals surface area contributed by atoms with E-state index in [1.54, 1.807) is 47.0 Å². The number of rotatable bonds is 18. The fourth-order valence-corrected chi connectivity index (χ4v) is 9.95. The predicted molar refractivity (Wildman–Crippen MR) is 259 cm³/mol. The van der Waals surface area contributed by atoms with Crippen molar-refractivity contribution in [3.05, 3.63) is 143 Å². The summed E-state index contributed by atoms with van der Waals surface area (Å²) in [6.07, 6.45) is 2.77. The molecule has 1 heterocycles. The number of aryl methyl sites for hydroxylation is 1. The molecule has 1 aliphatic heterocycles. The maximum absolute atomic E-state index is 13.6. The molecule has 0 unspecified atom stereocenters. The molecule has 0 aliphatic carbocycles. The van der Waals surface area contributed by atoms with Crippen LogP contribution in [0.4, 0.5) is 16.2 Å². The molecule has 1 atom stereocenters. The quantitative estimate of drug-likeness (QED) is 0.0656. The second-order valence-electron chi connectivity index (χ2n) is 16.8. The van der Waals surface area contributed by atoms with Crippen LogP contribution in [0.2, 0.25) is 5.02 Å². The second kappa shape index (κ2) is 22.1. The van der Waals surface area contributed by atoms with Gasteiger partial charge in [0.25, 0.3) is 15.9 Å². The van der Waals surface area contributed by atoms with Gasteiger partial charge in [0.2, 0.25) is 0 Å². The molecule has 63 heavy (non-hydrogen) atoms. The van der Waals surface area contributed by atoms with Crippen LogP contribution in [0.5, 0.6) is 0 Å². The summed E-state index contributed by atoms with van der Waals surface area (Å²) in [4.78, 5) is 33.5. The van der Waals surface area contributed by atoms with Crippen molar-refractivity contribution in [1.82, 2.24) is 14.5 Å². The lowest BCUT2D eigenvalue weighted by Gasteiger charge is -2.36. The number of halogens is 1. The number of anilines is 2. The Labute approximate surface area is 383 Å². The molecule has 10 nitrogen and oxygen atoms in total. The summed E-state index contributed by atoms with van der Waals surface area (Å²) in [5, 5.41) is 4.42. The molecule has 0 spiro atoms. The molecule has 1 aliphatic rings. The van der Waals surface area contributed by atoms with Crippen LogP contribution in [0.15, 0.2) is 131 Å². The van der Waals surface area contributed by atoms with E-state index in [9.17, 15) is 18.0 Å². The standard InChI is InChI=1S/C50H60ClN5O5S2/c1-6-37-34-45(27-28-47(37)52-42(36-62-44-16-8-7-9-17-44)15-12-13-29-56(49(58)61-5)50(2,3)4)63(59,60)53-48(57)39-21-25-43(26-22-39)55-32-30-54(31-33-55)35-40-14-10-11-18-46(40)38-19-23-41(51)24-20-38/h7-11,14,16-28,34,42,52H,6,12-13,15,29-33,35-36H2,1-5H3,(H,53,57)/t42-/m1/s1. The number of carbonyl (C=O) groups is 2. The highest BCUT2D eigenvalue weighted by molar-refractivity contribution is 7.99. The van der Waals surface area contributed by atoms with Gasteiger partial charge in [-0.25, -0.2) is 17.9 Å². The summed E-state index contributed by atoms with van der Waals surface area (Å²) < 4.78 is 34.6. The first-order chi connectivity index (χ1) is 30.2. The van der Waals surface area contributed by atoms with Crippen molar-refractivity contribution >= 4 is 56.8 Å². The van der Waals surface area contributed by atoms with Crippen LogP contribution in [0.1, 0.15) is 68.4 Å². The molecule has 2 amide bonds. The Bertz CT molecular complexity index is 2390. The molecule has 5 aromatic rings. The molecule has 0 bridgehead atoms. The molecule has 2 N–H and O–H groups in total. The number of nitrogens with zero attached hydrogens (tertiary/aromatic N) is 3. The number of piperazine rings is 1. The number of ether oxygens (including phenoxy) is 1. The van der Waals surface area contributed by atoms with Gasteiger partial charge in [-0.05, 0) is 135 Å². The Kier molecular flexibility index (Phi) is 16.6. The number of amides is 2. The molecular weight excluding hydrogens is 850 g/mol. The van der Waals surface area contributed by atoms with Crippen molar-refractivity contribution in [1.29, 1.82) is 0 Å². The van der Waals surface area contributed by atoms with Crippen molar-refractivity contribution in [2.24, 2.45) is 0 Å². The van der Waals surface area contributed by atoms with E-state index in [0.29, 0.717) is 13.0 Å². The maximum Gasteiger partial charge on any atom is 0.409 e. The van der Waals surface area contributed by atoms with Crippen LogP contribution >= 0.6 is 23.4 Å². The monoisotopic (exact) mass is 909 g/mol. The predicted octanol–water partition coefficient (Wildman–Crippen LogP) is 10.6. The van der Waals surface area contributed by atoms with Gasteiger partial charge in [0.05, 0.1) is 12.0 Å². The van der Waals surface area contributed by atoms with E-state index >= 15 is 0 Å². The average molecular weight is 911 g/mol. The number of sulfonamides is 1. The summed E-state index contributed by atoms with van der Waals surface area (Å²) in [5.41, 5.74) is 6.20. The molecule has 0 aromatic heterocycles. The minimum absolute atomic E-state index is 0.0313. The number of thioether (sulfide) groups is 1. The smallest absolute Gasteiger partial charge is 0.409 e. The first-order valence-electron chi connectivity index (χ1n) is 21.7. The van der Waals surface area contributed by atoms with Gasteiger partial charge in [-0.1, -0.05) is 73.1 Å². The minimum Gasteiger partial charge on any atom is -0.453 e. The Balaban J connectivity index is 1.04. The first-order valence-corrected chi connectivity index (χ1v) is 24.5. The van der Waals surface area contributed by atoms with Crippen molar-refractivity contribution in [3.8, 4) is 11.1 Å². The highest BCUT2D eigenvalue weighted by atomic mass is 35.5. The minimum atomic E-state index is -4.16. The third-order valence-corrected chi connectivity index (χ3v) is 14.1. The van der Waals surface area contributed by atoms with Crippen molar-refractivity contribution in [3.63, 3.8) is 0 Å². The van der Waals surface area contributed by atoms with Crippen LogP contribution in [-0.4, -0.2) is 87.4 Å². The zero-order valence-corrected chi connectivity index (χ0v) is 39.4. The van der Waals surface area contributed by atoms with Crippen molar-refractivity contribution in [2.45, 2.75) is 81.3 Å². The fraction of sp³-hybridized carbons (Fsp3) is 0.360. The van der Waals surface area contributed by atoms with Crippen LogP contribution in [0, 0.1) is 0 Å². The lowest BCUT2D eigenvalue weighted by Crippen LogP contribution is -2.46. The normalized spacial score (nSPS) is 13.9. The van der Waals surface area contributed by atoms with Gasteiger partial charge in [-0.15, -0.1) is 11.8 Å². The summed E-state index contributed by atoms with van der Waals surface area (Å²) in [6, 6.07) is 38.9. The van der Waals surface area contributed by atoms with Crippen LogP contribution in [-0.2, 0) is 27.7 Å². The first kappa shape index (κ1) is 47.5. The molecule has 13 heteroatoms. The Morgan fingerprint density at radius 3 is 2.19 bits per heavy atom. The van der Waals surface area contributed by atoms with Gasteiger partial charge in [0.1, 0.15) is 0 Å². The van der Waals surface area contributed by atoms with Gasteiger partial charge >= 0.3 is 6.09 Å². The summed E-state index contributed by atoms with van der Waals surface area (Å²) in [5.74, 6) is 0.111. The number of benzene rings is 5. The van der Waals surface area contributed by atoms with E-state index in [1.807, 2.05) is 70.2 Å². The molecule has 1 fully saturated rings. The van der Waals surface area contributed by atoms with E-state index in [-0.39, 0.29) is 28.1 Å². The van der Waals surface area contributed by atoms with Crippen LogP contribution < -0.4 is 14.9 Å². The summed E-state index contributed by atoms with van der Waals surface area (Å²) >= 11 is 7.90. The topological polar surface area (TPSA) is 111 Å².